The van der Waals surface area contributed by atoms with Gasteiger partial charge in [0.2, 0.25) is 0 Å². The Bertz CT molecular complexity index is 690. The number of carbonyl (C=O) groups excluding carboxylic acids is 1. The summed E-state index contributed by atoms with van der Waals surface area (Å²) < 4.78 is 24.2. The zero-order valence-electron chi connectivity index (χ0n) is 14.0. The van der Waals surface area contributed by atoms with Crippen molar-refractivity contribution in [3.63, 3.8) is 0 Å². The number of nitrogens with zero attached hydrogens (tertiary/aromatic N) is 1. The lowest BCUT2D eigenvalue weighted by molar-refractivity contribution is -0.126. The molecule has 5 nitrogen and oxygen atoms in total. The number of ether oxygens (including phenoxy) is 2. The van der Waals surface area contributed by atoms with Gasteiger partial charge in [0.25, 0.3) is 5.91 Å². The number of benzene rings is 1. The maximum Gasteiger partial charge on any atom is 0.254 e. The molecule has 130 valence electrons. The van der Waals surface area contributed by atoms with Crippen LogP contribution in [0, 0.1) is 5.82 Å². The van der Waals surface area contributed by atoms with Gasteiger partial charge < -0.3 is 9.47 Å². The molecule has 0 saturated carbocycles. The first kappa shape index (κ1) is 18.4. The first-order valence-corrected chi connectivity index (χ1v) is 8.65. The van der Waals surface area contributed by atoms with Gasteiger partial charge in [-0.05, 0) is 31.5 Å². The van der Waals surface area contributed by atoms with Crippen LogP contribution in [0.15, 0.2) is 23.6 Å². The number of anilines is 1. The van der Waals surface area contributed by atoms with Crippen LogP contribution in [-0.2, 0) is 9.53 Å². The number of hydrogen-bond donors (Lipinski definition) is 1. The summed E-state index contributed by atoms with van der Waals surface area (Å²) in [7, 11) is 1.51. The van der Waals surface area contributed by atoms with Crippen LogP contribution in [0.2, 0.25) is 0 Å². The van der Waals surface area contributed by atoms with Crippen molar-refractivity contribution in [2.24, 2.45) is 0 Å². The van der Waals surface area contributed by atoms with Gasteiger partial charge in [-0.1, -0.05) is 13.3 Å². The standard InChI is InChI=1S/C17H21FN2O3S/c1-4-5-8-23-11(2)16(21)20-17-19-14(10-24-17)13-9-12(18)6-7-15(13)22-3/h6-7,9-11H,4-5,8H2,1-3H3,(H,19,20,21). The van der Waals surface area contributed by atoms with Gasteiger partial charge in [-0.25, -0.2) is 9.37 Å². The summed E-state index contributed by atoms with van der Waals surface area (Å²) in [4.78, 5) is 16.4. The second kappa shape index (κ2) is 8.75. The average Bonchev–Trinajstić information content (AvgIpc) is 3.03. The molecule has 1 amide bonds. The second-order valence-electron chi connectivity index (χ2n) is 5.24. The zero-order valence-corrected chi connectivity index (χ0v) is 14.8. The van der Waals surface area contributed by atoms with Crippen LogP contribution in [0.25, 0.3) is 11.3 Å². The molecule has 0 aliphatic rings. The van der Waals surface area contributed by atoms with E-state index in [9.17, 15) is 9.18 Å². The second-order valence-corrected chi connectivity index (χ2v) is 6.10. The van der Waals surface area contributed by atoms with Gasteiger partial charge in [-0.3, -0.25) is 10.1 Å². The molecule has 1 N–H and O–H groups in total. The third-order valence-electron chi connectivity index (χ3n) is 3.41. The Kier molecular flexibility index (Phi) is 6.69. The lowest BCUT2D eigenvalue weighted by atomic mass is 10.1. The molecular formula is C17H21FN2O3S. The average molecular weight is 352 g/mol. The molecule has 2 rings (SSSR count). The highest BCUT2D eigenvalue weighted by Crippen LogP contribution is 2.32. The molecule has 0 spiro atoms. The minimum atomic E-state index is -0.549. The van der Waals surface area contributed by atoms with Gasteiger partial charge in [-0.2, -0.15) is 0 Å². The molecule has 7 heteroatoms. The van der Waals surface area contributed by atoms with Gasteiger partial charge in [0, 0.05) is 17.6 Å². The summed E-state index contributed by atoms with van der Waals surface area (Å²) in [6.07, 6.45) is 1.38. The van der Waals surface area contributed by atoms with Gasteiger partial charge in [0.15, 0.2) is 5.13 Å². The van der Waals surface area contributed by atoms with Crippen molar-refractivity contribution in [1.82, 2.24) is 4.98 Å². The maximum absolute atomic E-state index is 13.5. The number of amides is 1. The molecule has 1 aromatic carbocycles. The molecule has 0 bridgehead atoms. The number of methoxy groups -OCH3 is 1. The van der Waals surface area contributed by atoms with Crippen molar-refractivity contribution in [3.8, 4) is 17.0 Å². The van der Waals surface area contributed by atoms with E-state index < -0.39 is 6.10 Å². The summed E-state index contributed by atoms with van der Waals surface area (Å²) in [5, 5.41) is 4.90. The monoisotopic (exact) mass is 352 g/mol. The molecule has 0 aliphatic carbocycles. The third kappa shape index (κ3) is 4.75. The smallest absolute Gasteiger partial charge is 0.254 e. The number of thiazole rings is 1. The largest absolute Gasteiger partial charge is 0.496 e. The third-order valence-corrected chi connectivity index (χ3v) is 4.16. The predicted octanol–water partition coefficient (Wildman–Crippen LogP) is 4.10. The van der Waals surface area contributed by atoms with Crippen LogP contribution < -0.4 is 10.1 Å². The summed E-state index contributed by atoms with van der Waals surface area (Å²) >= 11 is 1.27. The van der Waals surface area contributed by atoms with Crippen LogP contribution in [0.5, 0.6) is 5.75 Å². The maximum atomic E-state index is 13.5. The summed E-state index contributed by atoms with van der Waals surface area (Å²) in [5.41, 5.74) is 1.09. The molecule has 24 heavy (non-hydrogen) atoms. The van der Waals surface area contributed by atoms with Crippen molar-refractivity contribution >= 4 is 22.4 Å². The van der Waals surface area contributed by atoms with Gasteiger partial charge in [0.1, 0.15) is 17.7 Å². The summed E-state index contributed by atoms with van der Waals surface area (Å²) in [5.74, 6) is -0.101. The fourth-order valence-electron chi connectivity index (χ4n) is 2.02. The van der Waals surface area contributed by atoms with Crippen LogP contribution in [0.3, 0.4) is 0 Å². The topological polar surface area (TPSA) is 60.5 Å². The predicted molar refractivity (Wildman–Crippen MR) is 93.0 cm³/mol. The quantitative estimate of drug-likeness (QED) is 0.727. The number of aromatic nitrogens is 1. The highest BCUT2D eigenvalue weighted by molar-refractivity contribution is 7.14. The molecule has 1 aromatic heterocycles. The Balaban J connectivity index is 2.06. The molecule has 0 saturated heterocycles. The van der Waals surface area contributed by atoms with E-state index in [-0.39, 0.29) is 11.7 Å². The van der Waals surface area contributed by atoms with Crippen LogP contribution in [-0.4, -0.2) is 30.7 Å². The SMILES string of the molecule is CCCCOC(C)C(=O)Nc1nc(-c2cc(F)ccc2OC)cs1. The molecule has 0 radical (unpaired) electrons. The Morgan fingerprint density at radius 3 is 2.96 bits per heavy atom. The Hall–Kier alpha value is -1.99. The molecule has 2 aromatic rings. The molecule has 1 unspecified atom stereocenters. The number of carbonyl (C=O) groups is 1. The Morgan fingerprint density at radius 1 is 1.46 bits per heavy atom. The van der Waals surface area contributed by atoms with E-state index in [1.165, 1.54) is 30.6 Å². The summed E-state index contributed by atoms with van der Waals surface area (Å²) in [6, 6.07) is 4.23. The number of unbranched alkanes of at least 4 members (excludes halogenated alkanes) is 1. The fourth-order valence-corrected chi connectivity index (χ4v) is 2.74. The van der Waals surface area contributed by atoms with Crippen LogP contribution in [0.4, 0.5) is 9.52 Å². The van der Waals surface area contributed by atoms with E-state index in [0.717, 1.165) is 12.8 Å². The minimum absolute atomic E-state index is 0.252. The van der Waals surface area contributed by atoms with E-state index in [1.807, 2.05) is 0 Å². The molecule has 0 fully saturated rings. The number of rotatable bonds is 8. The number of nitrogens with one attached hydrogen (secondary N) is 1. The van der Waals surface area contributed by atoms with E-state index in [2.05, 4.69) is 17.2 Å². The number of halogens is 1. The van der Waals surface area contributed by atoms with E-state index in [0.29, 0.717) is 28.7 Å². The van der Waals surface area contributed by atoms with Crippen LogP contribution >= 0.6 is 11.3 Å². The fraction of sp³-hybridized carbons (Fsp3) is 0.412. The van der Waals surface area contributed by atoms with Crippen molar-refractivity contribution in [2.45, 2.75) is 32.8 Å². The number of hydrogen-bond acceptors (Lipinski definition) is 5. The molecule has 0 aliphatic heterocycles. The lowest BCUT2D eigenvalue weighted by Crippen LogP contribution is -2.28. The molecule has 1 heterocycles. The highest BCUT2D eigenvalue weighted by Gasteiger charge is 2.16. The van der Waals surface area contributed by atoms with Crippen molar-refractivity contribution < 1.29 is 18.7 Å². The Labute approximate surface area is 144 Å². The lowest BCUT2D eigenvalue weighted by Gasteiger charge is -2.11. The van der Waals surface area contributed by atoms with E-state index >= 15 is 0 Å². The molecule has 1 atom stereocenters. The molecular weight excluding hydrogens is 331 g/mol. The first-order chi connectivity index (χ1) is 11.5. The normalized spacial score (nSPS) is 12.0. The van der Waals surface area contributed by atoms with Gasteiger partial charge >= 0.3 is 0 Å². The highest BCUT2D eigenvalue weighted by atomic mass is 32.1. The summed E-state index contributed by atoms with van der Waals surface area (Å²) in [6.45, 7) is 4.32. The first-order valence-electron chi connectivity index (χ1n) is 7.77. The van der Waals surface area contributed by atoms with Crippen molar-refractivity contribution in [1.29, 1.82) is 0 Å². The van der Waals surface area contributed by atoms with E-state index in [4.69, 9.17) is 9.47 Å². The van der Waals surface area contributed by atoms with Crippen LogP contribution in [0.1, 0.15) is 26.7 Å². The Morgan fingerprint density at radius 2 is 2.25 bits per heavy atom. The van der Waals surface area contributed by atoms with Crippen molar-refractivity contribution in [2.75, 3.05) is 19.0 Å². The van der Waals surface area contributed by atoms with Crippen molar-refractivity contribution in [3.05, 3.63) is 29.4 Å². The minimum Gasteiger partial charge on any atom is -0.496 e. The zero-order chi connectivity index (χ0) is 17.5. The van der Waals surface area contributed by atoms with Gasteiger partial charge in [-0.15, -0.1) is 11.3 Å². The van der Waals surface area contributed by atoms with E-state index in [1.54, 1.807) is 18.4 Å². The van der Waals surface area contributed by atoms with Gasteiger partial charge in [0.05, 0.1) is 12.8 Å².